The highest BCUT2D eigenvalue weighted by molar-refractivity contribution is 5.94. The van der Waals surface area contributed by atoms with Gasteiger partial charge in [-0.05, 0) is 62.9 Å². The highest BCUT2D eigenvalue weighted by Gasteiger charge is 2.29. The minimum absolute atomic E-state index is 0.0438. The van der Waals surface area contributed by atoms with Gasteiger partial charge in [0.05, 0.1) is 12.3 Å². The number of furan rings is 1. The summed E-state index contributed by atoms with van der Waals surface area (Å²) in [6.07, 6.45) is 5.23. The van der Waals surface area contributed by atoms with Gasteiger partial charge in [-0.3, -0.25) is 4.79 Å². The zero-order valence-corrected chi connectivity index (χ0v) is 15.8. The quantitative estimate of drug-likeness (QED) is 0.657. The van der Waals surface area contributed by atoms with Crippen LogP contribution >= 0.6 is 0 Å². The molecule has 2 aromatic rings. The lowest BCUT2D eigenvalue weighted by Crippen LogP contribution is -2.41. The Morgan fingerprint density at radius 3 is 2.48 bits per heavy atom. The van der Waals surface area contributed by atoms with Crippen molar-refractivity contribution in [3.63, 3.8) is 0 Å². The lowest BCUT2D eigenvalue weighted by molar-refractivity contribution is -0.117. The molecule has 1 aliphatic rings. The monoisotopic (exact) mass is 369 g/mol. The first-order chi connectivity index (χ1) is 13.0. The van der Waals surface area contributed by atoms with Gasteiger partial charge in [0, 0.05) is 24.1 Å². The first-order valence-electron chi connectivity index (χ1n) is 9.51. The van der Waals surface area contributed by atoms with E-state index in [0.717, 1.165) is 42.7 Å². The Hall–Kier alpha value is -2.76. The summed E-state index contributed by atoms with van der Waals surface area (Å²) in [5.41, 5.74) is 1.77. The van der Waals surface area contributed by atoms with Crippen LogP contribution in [0.4, 0.5) is 10.5 Å². The summed E-state index contributed by atoms with van der Waals surface area (Å²) in [5.74, 6) is 1.20. The summed E-state index contributed by atoms with van der Waals surface area (Å²) in [6.45, 7) is 3.91. The summed E-state index contributed by atoms with van der Waals surface area (Å²) < 4.78 is 5.31. The molecule has 27 heavy (non-hydrogen) atoms. The maximum atomic E-state index is 12.2. The van der Waals surface area contributed by atoms with E-state index in [1.807, 2.05) is 50.2 Å². The number of hydrogen-bond donors (Lipinski definition) is 3. The molecule has 1 aromatic carbocycles. The zero-order valence-electron chi connectivity index (χ0n) is 15.8. The summed E-state index contributed by atoms with van der Waals surface area (Å²) in [6, 6.07) is 11.1. The van der Waals surface area contributed by atoms with Crippen molar-refractivity contribution in [1.82, 2.24) is 10.6 Å². The number of nitrogens with one attached hydrogen (secondary N) is 3. The van der Waals surface area contributed by atoms with Crippen LogP contribution in [0.5, 0.6) is 0 Å². The van der Waals surface area contributed by atoms with Crippen LogP contribution in [-0.2, 0) is 11.2 Å². The number of carbonyl (C=O) groups excluding carboxylic acids is 2. The number of aryl methyl sites for hydroxylation is 1. The van der Waals surface area contributed by atoms with E-state index in [9.17, 15) is 9.59 Å². The van der Waals surface area contributed by atoms with Crippen molar-refractivity contribution in [3.05, 3.63) is 54.0 Å². The van der Waals surface area contributed by atoms with Gasteiger partial charge in [-0.15, -0.1) is 0 Å². The van der Waals surface area contributed by atoms with Crippen molar-refractivity contribution >= 4 is 17.6 Å². The lowest BCUT2D eigenvalue weighted by Gasteiger charge is -2.18. The Labute approximate surface area is 159 Å². The van der Waals surface area contributed by atoms with Gasteiger partial charge in [0.1, 0.15) is 5.76 Å². The van der Waals surface area contributed by atoms with E-state index in [1.165, 1.54) is 0 Å². The molecule has 3 N–H and O–H groups in total. The molecule has 144 valence electrons. The van der Waals surface area contributed by atoms with Crippen LogP contribution in [0.2, 0.25) is 0 Å². The summed E-state index contributed by atoms with van der Waals surface area (Å²) in [7, 11) is 0. The van der Waals surface area contributed by atoms with Gasteiger partial charge in [0.2, 0.25) is 5.91 Å². The molecule has 6 heteroatoms. The second kappa shape index (κ2) is 8.75. The molecule has 3 rings (SSSR count). The SMILES string of the molecule is C[C@@H](CCc1ccco1)NC(=O)N[C@H](C)c1ccc(NC(=O)C2CC2)cc1. The van der Waals surface area contributed by atoms with Gasteiger partial charge in [0.15, 0.2) is 0 Å². The number of hydrogen-bond acceptors (Lipinski definition) is 3. The van der Waals surface area contributed by atoms with Crippen LogP contribution in [0.3, 0.4) is 0 Å². The highest BCUT2D eigenvalue weighted by Crippen LogP contribution is 2.30. The maximum absolute atomic E-state index is 12.2. The van der Waals surface area contributed by atoms with Gasteiger partial charge in [0.25, 0.3) is 0 Å². The maximum Gasteiger partial charge on any atom is 0.315 e. The fraction of sp³-hybridized carbons (Fsp3) is 0.429. The van der Waals surface area contributed by atoms with Crippen molar-refractivity contribution in [2.24, 2.45) is 5.92 Å². The Kier molecular flexibility index (Phi) is 6.16. The van der Waals surface area contributed by atoms with Crippen molar-refractivity contribution in [1.29, 1.82) is 0 Å². The molecular weight excluding hydrogens is 342 g/mol. The topological polar surface area (TPSA) is 83.4 Å². The predicted octanol–water partition coefficient (Wildman–Crippen LogP) is 4.01. The molecule has 0 aliphatic heterocycles. The Balaban J connectivity index is 1.42. The van der Waals surface area contributed by atoms with E-state index in [1.54, 1.807) is 6.26 Å². The third-order valence-electron chi connectivity index (χ3n) is 4.76. The van der Waals surface area contributed by atoms with Gasteiger partial charge in [-0.2, -0.15) is 0 Å². The molecule has 0 bridgehead atoms. The lowest BCUT2D eigenvalue weighted by atomic mass is 10.1. The third kappa shape index (κ3) is 5.88. The number of amides is 3. The molecule has 1 fully saturated rings. The highest BCUT2D eigenvalue weighted by atomic mass is 16.3. The molecule has 3 amide bonds. The normalized spacial score (nSPS) is 15.6. The summed E-state index contributed by atoms with van der Waals surface area (Å²) in [5, 5.41) is 8.82. The smallest absolute Gasteiger partial charge is 0.315 e. The van der Waals surface area contributed by atoms with Gasteiger partial charge in [-0.1, -0.05) is 12.1 Å². The Morgan fingerprint density at radius 2 is 1.85 bits per heavy atom. The standard InChI is InChI=1S/C21H27N3O3/c1-14(5-12-19-4-3-13-27-19)22-21(26)23-15(2)16-8-10-18(11-9-16)24-20(25)17-6-7-17/h3-4,8-11,13-15,17H,5-7,12H2,1-2H3,(H,24,25)(H2,22,23,26)/t14-,15+/m0/s1. The third-order valence-corrected chi connectivity index (χ3v) is 4.76. The number of urea groups is 1. The predicted molar refractivity (Wildman–Crippen MR) is 104 cm³/mol. The molecule has 0 radical (unpaired) electrons. The minimum atomic E-state index is -0.194. The fourth-order valence-corrected chi connectivity index (χ4v) is 2.88. The summed E-state index contributed by atoms with van der Waals surface area (Å²) in [4.78, 5) is 24.0. The molecular formula is C21H27N3O3. The van der Waals surface area contributed by atoms with Crippen LogP contribution in [0, 0.1) is 5.92 Å². The molecule has 2 atom stereocenters. The Bertz CT molecular complexity index is 751. The van der Waals surface area contributed by atoms with E-state index in [2.05, 4.69) is 16.0 Å². The van der Waals surface area contributed by atoms with E-state index >= 15 is 0 Å². The van der Waals surface area contributed by atoms with Crippen molar-refractivity contribution < 1.29 is 14.0 Å². The van der Waals surface area contributed by atoms with Crippen LogP contribution in [0.1, 0.15) is 50.5 Å². The number of benzene rings is 1. The molecule has 1 saturated carbocycles. The number of carbonyl (C=O) groups is 2. The van der Waals surface area contributed by atoms with Gasteiger partial charge < -0.3 is 20.4 Å². The van der Waals surface area contributed by atoms with E-state index in [4.69, 9.17) is 4.42 Å². The number of anilines is 1. The van der Waals surface area contributed by atoms with Crippen LogP contribution in [-0.4, -0.2) is 18.0 Å². The van der Waals surface area contributed by atoms with Crippen LogP contribution in [0.25, 0.3) is 0 Å². The van der Waals surface area contributed by atoms with Crippen molar-refractivity contribution in [2.75, 3.05) is 5.32 Å². The van der Waals surface area contributed by atoms with Crippen LogP contribution in [0.15, 0.2) is 47.1 Å². The molecule has 1 aliphatic carbocycles. The molecule has 1 heterocycles. The minimum Gasteiger partial charge on any atom is -0.469 e. The first kappa shape index (κ1) is 19.0. The van der Waals surface area contributed by atoms with Gasteiger partial charge >= 0.3 is 6.03 Å². The van der Waals surface area contributed by atoms with Crippen molar-refractivity contribution in [2.45, 2.75) is 51.6 Å². The average Bonchev–Trinajstić information content (AvgIpc) is 3.37. The Morgan fingerprint density at radius 1 is 1.11 bits per heavy atom. The van der Waals surface area contributed by atoms with E-state index < -0.39 is 0 Å². The largest absolute Gasteiger partial charge is 0.469 e. The van der Waals surface area contributed by atoms with E-state index in [-0.39, 0.29) is 29.9 Å². The average molecular weight is 369 g/mol. The summed E-state index contributed by atoms with van der Waals surface area (Å²) >= 11 is 0. The van der Waals surface area contributed by atoms with Crippen molar-refractivity contribution in [3.8, 4) is 0 Å². The zero-order chi connectivity index (χ0) is 19.2. The van der Waals surface area contributed by atoms with Gasteiger partial charge in [-0.25, -0.2) is 4.79 Å². The second-order valence-corrected chi connectivity index (χ2v) is 7.24. The second-order valence-electron chi connectivity index (χ2n) is 7.24. The fourth-order valence-electron chi connectivity index (χ4n) is 2.88. The molecule has 1 aromatic heterocycles. The number of rotatable bonds is 8. The molecule has 0 saturated heterocycles. The first-order valence-corrected chi connectivity index (χ1v) is 9.51. The van der Waals surface area contributed by atoms with Crippen LogP contribution < -0.4 is 16.0 Å². The molecule has 0 spiro atoms. The van der Waals surface area contributed by atoms with E-state index in [0.29, 0.717) is 0 Å². The molecule has 0 unspecified atom stereocenters. The molecule has 6 nitrogen and oxygen atoms in total.